The minimum Gasteiger partial charge on any atom is -0.472 e. The van der Waals surface area contributed by atoms with E-state index in [0.29, 0.717) is 31.9 Å². The topological polar surface area (TPSA) is 139 Å². The van der Waals surface area contributed by atoms with Crippen molar-refractivity contribution in [3.05, 3.63) is 28.8 Å². The van der Waals surface area contributed by atoms with Crippen LogP contribution in [-0.4, -0.2) is 105 Å². The number of amides is 1. The lowest BCUT2D eigenvalue weighted by Crippen LogP contribution is -2.65. The Labute approximate surface area is 290 Å². The van der Waals surface area contributed by atoms with Crippen LogP contribution < -0.4 is 20.1 Å². The number of benzene rings is 1. The number of aromatic nitrogens is 3. The predicted molar refractivity (Wildman–Crippen MR) is 175 cm³/mol. The Morgan fingerprint density at radius 1 is 1.12 bits per heavy atom. The van der Waals surface area contributed by atoms with Gasteiger partial charge in [0.15, 0.2) is 5.82 Å². The molecule has 276 valence electrons. The van der Waals surface area contributed by atoms with Crippen molar-refractivity contribution in [2.24, 2.45) is 0 Å². The molecule has 1 aromatic carbocycles. The van der Waals surface area contributed by atoms with Crippen LogP contribution in [0.2, 0.25) is 0 Å². The van der Waals surface area contributed by atoms with Crippen molar-refractivity contribution in [1.82, 2.24) is 24.8 Å². The number of rotatable bonds is 4. The van der Waals surface area contributed by atoms with Crippen molar-refractivity contribution in [3.8, 4) is 23.1 Å². The lowest BCUT2D eigenvalue weighted by molar-refractivity contribution is -0.137. The number of ether oxygens (including phenoxy) is 3. The highest BCUT2D eigenvalue weighted by atomic mass is 19.4. The Balaban J connectivity index is 1.42. The van der Waals surface area contributed by atoms with E-state index in [9.17, 15) is 27.5 Å². The van der Waals surface area contributed by atoms with Gasteiger partial charge in [-0.15, -0.1) is 0 Å². The van der Waals surface area contributed by atoms with Crippen LogP contribution in [0.25, 0.3) is 22.2 Å². The highest BCUT2D eigenvalue weighted by Crippen LogP contribution is 2.48. The summed E-state index contributed by atoms with van der Waals surface area (Å²) in [6.07, 6.45) is -5.29. The maximum Gasteiger partial charge on any atom is 0.417 e. The highest BCUT2D eigenvalue weighted by molar-refractivity contribution is 5.98. The number of nitrogen functional groups attached to an aromatic ring is 1. The number of alkyl halides is 3. The molecule has 12 nitrogen and oxygen atoms in total. The third-order valence-corrected chi connectivity index (χ3v) is 10.3. The molecule has 0 spiro atoms. The number of aliphatic hydroxyl groups is 1. The first-order chi connectivity index (χ1) is 23.9. The number of carbonyl (C=O) groups is 1. The predicted octanol–water partition coefficient (Wildman–Crippen LogP) is 5.06. The van der Waals surface area contributed by atoms with Crippen LogP contribution >= 0.6 is 0 Å². The molecule has 6 heterocycles. The van der Waals surface area contributed by atoms with Gasteiger partial charge in [-0.1, -0.05) is 0 Å². The first-order valence-corrected chi connectivity index (χ1v) is 16.9. The smallest absolute Gasteiger partial charge is 0.417 e. The van der Waals surface area contributed by atoms with Crippen LogP contribution in [0.15, 0.2) is 6.07 Å². The van der Waals surface area contributed by atoms with Gasteiger partial charge in [-0.05, 0) is 72.6 Å². The summed E-state index contributed by atoms with van der Waals surface area (Å²) >= 11 is 0. The van der Waals surface area contributed by atoms with Gasteiger partial charge in [0, 0.05) is 18.7 Å². The summed E-state index contributed by atoms with van der Waals surface area (Å²) < 4.78 is 93.3. The lowest BCUT2D eigenvalue weighted by Gasteiger charge is -2.48. The number of anilines is 2. The van der Waals surface area contributed by atoms with Crippen molar-refractivity contribution in [2.75, 3.05) is 37.4 Å². The fraction of sp³-hybridized carbons (Fsp3) is 0.588. The van der Waals surface area contributed by atoms with Gasteiger partial charge in [-0.2, -0.15) is 23.1 Å². The van der Waals surface area contributed by atoms with E-state index in [4.69, 9.17) is 24.9 Å². The van der Waals surface area contributed by atoms with E-state index in [0.717, 1.165) is 6.92 Å². The number of fused-ring (bicyclic) bond motifs is 5. The molecule has 2 bridgehead atoms. The number of hydrogen-bond acceptors (Lipinski definition) is 11. The molecule has 4 aliphatic rings. The van der Waals surface area contributed by atoms with Gasteiger partial charge < -0.3 is 30.0 Å². The lowest BCUT2D eigenvalue weighted by atomic mass is 9.96. The molecule has 0 aliphatic carbocycles. The van der Waals surface area contributed by atoms with Gasteiger partial charge in [0.05, 0.1) is 41.5 Å². The highest BCUT2D eigenvalue weighted by Gasteiger charge is 2.54. The summed E-state index contributed by atoms with van der Waals surface area (Å²) in [5.74, 6) is -2.61. The summed E-state index contributed by atoms with van der Waals surface area (Å²) in [5, 5.41) is 10.5. The first kappa shape index (κ1) is 35.2. The van der Waals surface area contributed by atoms with E-state index < -0.39 is 93.4 Å². The molecule has 1 amide bonds. The molecule has 2 aromatic heterocycles. The molecule has 4 aliphatic heterocycles. The van der Waals surface area contributed by atoms with Crippen LogP contribution in [0.1, 0.15) is 58.1 Å². The van der Waals surface area contributed by atoms with Gasteiger partial charge in [0.2, 0.25) is 5.88 Å². The zero-order valence-electron chi connectivity index (χ0n) is 29.0. The number of nitrogens with two attached hydrogens (primary N) is 1. The fourth-order valence-electron chi connectivity index (χ4n) is 8.02. The monoisotopic (exact) mass is 721 g/mol. The van der Waals surface area contributed by atoms with Gasteiger partial charge >= 0.3 is 18.3 Å². The SMILES string of the molecule is Cc1c(F)c(N)cc(-c2nc3c4c(nc(OC[C@H]5[C@@H](O)CCN5C)nc4c2F)N2CC4CCC([C@H]2[C@H](C)O3)N4C(=O)OC(C)(C)C)c1C(F)(F)F. The Bertz CT molecular complexity index is 1900. The molecular weight excluding hydrogens is 681 g/mol. The Hall–Kier alpha value is -4.25. The standard InChI is InChI=1S/C34H40F5N7O5/c1-14-23(34(37,38)39)17(11-18(40)24(14)35)26-25(36)27-22-29(43-31(42-27)49-13-20-21(47)9-10-44(20)6)45-12-16-7-8-19(28(45)15(2)50-30(22)41-26)46(16)32(48)51-33(3,4)5/h11,15-16,19-21,28,47H,7-10,12-13,40H2,1-6H3/t15-,16?,19?,20-,21-,28+/m0/s1. The van der Waals surface area contributed by atoms with Crippen LogP contribution in [-0.2, 0) is 10.9 Å². The second kappa shape index (κ2) is 12.2. The summed E-state index contributed by atoms with van der Waals surface area (Å²) in [5.41, 5.74) is 0.115. The molecule has 6 atom stereocenters. The Kier molecular flexibility index (Phi) is 8.39. The van der Waals surface area contributed by atoms with Gasteiger partial charge in [-0.25, -0.2) is 18.6 Å². The van der Waals surface area contributed by atoms with Gasteiger partial charge in [0.25, 0.3) is 0 Å². The van der Waals surface area contributed by atoms with Crippen molar-refractivity contribution in [3.63, 3.8) is 0 Å². The molecule has 3 fully saturated rings. The van der Waals surface area contributed by atoms with Crippen LogP contribution in [0, 0.1) is 18.6 Å². The fourth-order valence-corrected chi connectivity index (χ4v) is 8.02. The number of likely N-dealkylation sites (tertiary alicyclic amines) is 1. The van der Waals surface area contributed by atoms with E-state index in [1.807, 2.05) is 16.8 Å². The van der Waals surface area contributed by atoms with Crippen molar-refractivity contribution in [1.29, 1.82) is 0 Å². The van der Waals surface area contributed by atoms with E-state index in [1.54, 1.807) is 32.6 Å². The molecule has 7 rings (SSSR count). The largest absolute Gasteiger partial charge is 0.472 e. The third-order valence-electron chi connectivity index (χ3n) is 10.3. The third kappa shape index (κ3) is 5.91. The molecule has 17 heteroatoms. The summed E-state index contributed by atoms with van der Waals surface area (Å²) in [7, 11) is 1.82. The number of pyridine rings is 1. The van der Waals surface area contributed by atoms with Crippen molar-refractivity contribution < 1.29 is 46.1 Å². The van der Waals surface area contributed by atoms with E-state index in [-0.39, 0.29) is 42.3 Å². The Morgan fingerprint density at radius 3 is 2.49 bits per heavy atom. The van der Waals surface area contributed by atoms with Crippen molar-refractivity contribution >= 4 is 28.5 Å². The van der Waals surface area contributed by atoms with Crippen LogP contribution in [0.5, 0.6) is 11.9 Å². The number of carbonyl (C=O) groups excluding carboxylic acids is 1. The minimum atomic E-state index is -5.11. The number of piperazine rings is 1. The average molecular weight is 722 g/mol. The second-order valence-electron chi connectivity index (χ2n) is 14.8. The molecular formula is C34H40F5N7O5. The van der Waals surface area contributed by atoms with Crippen LogP contribution in [0.3, 0.4) is 0 Å². The summed E-state index contributed by atoms with van der Waals surface area (Å²) in [6.45, 7) is 8.78. The van der Waals surface area contributed by atoms with Crippen molar-refractivity contribution in [2.45, 2.75) is 102 Å². The molecule has 0 radical (unpaired) electrons. The van der Waals surface area contributed by atoms with Crippen LogP contribution in [0.4, 0.5) is 38.3 Å². The van der Waals surface area contributed by atoms with E-state index in [1.165, 1.54) is 0 Å². The molecule has 0 saturated carbocycles. The van der Waals surface area contributed by atoms with Gasteiger partial charge in [0.1, 0.15) is 46.5 Å². The normalized spacial score (nSPS) is 26.3. The first-order valence-electron chi connectivity index (χ1n) is 16.9. The number of hydrogen-bond donors (Lipinski definition) is 2. The number of likely N-dealkylation sites (N-methyl/N-ethyl adjacent to an activating group) is 1. The Morgan fingerprint density at radius 2 is 1.84 bits per heavy atom. The maximum absolute atomic E-state index is 16.9. The van der Waals surface area contributed by atoms with E-state index >= 15 is 4.39 Å². The average Bonchev–Trinajstić information content (AvgIpc) is 3.48. The maximum atomic E-state index is 16.9. The number of nitrogens with zero attached hydrogens (tertiary/aromatic N) is 6. The number of aliphatic hydroxyl groups excluding tert-OH is 1. The molecule has 3 N–H and O–H groups in total. The molecule has 2 unspecified atom stereocenters. The quantitative estimate of drug-likeness (QED) is 0.276. The number of halogens is 5. The molecule has 51 heavy (non-hydrogen) atoms. The summed E-state index contributed by atoms with van der Waals surface area (Å²) in [6, 6.07) is -1.30. The zero-order chi connectivity index (χ0) is 36.9. The summed E-state index contributed by atoms with van der Waals surface area (Å²) in [4.78, 5) is 32.4. The molecule has 3 aromatic rings. The minimum absolute atomic E-state index is 0.00134. The van der Waals surface area contributed by atoms with Gasteiger partial charge in [-0.3, -0.25) is 9.80 Å². The second-order valence-corrected chi connectivity index (χ2v) is 14.8. The molecule has 3 saturated heterocycles. The van der Waals surface area contributed by atoms with E-state index in [2.05, 4.69) is 9.97 Å². The zero-order valence-corrected chi connectivity index (χ0v) is 29.0.